The van der Waals surface area contributed by atoms with E-state index in [-0.39, 0.29) is 17.5 Å². The number of nitrogen functional groups attached to an aromatic ring is 2. The van der Waals surface area contributed by atoms with Crippen LogP contribution in [0.3, 0.4) is 0 Å². The molecule has 0 spiro atoms. The molecule has 1 rings (SSSR count). The van der Waals surface area contributed by atoms with Gasteiger partial charge >= 0.3 is 0 Å². The highest BCUT2D eigenvalue weighted by atomic mass is 16.1. The average molecular weight is 170 g/mol. The van der Waals surface area contributed by atoms with Crippen molar-refractivity contribution in [1.82, 2.24) is 15.4 Å². The number of H-pyrrole nitrogens is 1. The van der Waals surface area contributed by atoms with E-state index < -0.39 is 5.56 Å². The molecule has 0 atom stereocenters. The van der Waals surface area contributed by atoms with Gasteiger partial charge in [-0.05, 0) is 0 Å². The largest absolute Gasteiger partial charge is 0.391 e. The first kappa shape index (κ1) is 8.34. The van der Waals surface area contributed by atoms with Gasteiger partial charge in [-0.25, -0.2) is 5.43 Å². The van der Waals surface area contributed by atoms with Crippen molar-refractivity contribution in [2.75, 3.05) is 23.9 Å². The van der Waals surface area contributed by atoms with Crippen LogP contribution in [0.2, 0.25) is 0 Å². The lowest BCUT2D eigenvalue weighted by molar-refractivity contribution is 0.959. The number of nitrogens with zero attached hydrogens (tertiary/aromatic N) is 1. The second kappa shape index (κ2) is 3.09. The van der Waals surface area contributed by atoms with E-state index in [0.717, 1.165) is 0 Å². The number of hydrogen-bond donors (Lipinski definition) is 5. The minimum Gasteiger partial charge on any atom is -0.391 e. The third-order valence-corrected chi connectivity index (χ3v) is 1.22. The molecule has 7 N–H and O–H groups in total. The zero-order valence-corrected chi connectivity index (χ0v) is 6.51. The van der Waals surface area contributed by atoms with Crippen LogP contribution in [0.1, 0.15) is 0 Å². The molecule has 0 radical (unpaired) electrons. The van der Waals surface area contributed by atoms with E-state index >= 15 is 0 Å². The number of aromatic amines is 1. The molecule has 1 aromatic rings. The topological polar surface area (TPSA) is 122 Å². The summed E-state index contributed by atoms with van der Waals surface area (Å²) >= 11 is 0. The normalized spacial score (nSPS) is 9.75. The van der Waals surface area contributed by atoms with Gasteiger partial charge in [0.25, 0.3) is 5.56 Å². The molecule has 7 heteroatoms. The summed E-state index contributed by atoms with van der Waals surface area (Å²) in [4.78, 5) is 17.0. The number of nitrogens with two attached hydrogens (primary N) is 2. The molecule has 0 unspecified atom stereocenters. The van der Waals surface area contributed by atoms with Gasteiger partial charge < -0.3 is 16.9 Å². The van der Waals surface area contributed by atoms with Crippen molar-refractivity contribution in [3.63, 3.8) is 0 Å². The van der Waals surface area contributed by atoms with Gasteiger partial charge in [-0.15, -0.1) is 0 Å². The van der Waals surface area contributed by atoms with Crippen LogP contribution in [0.25, 0.3) is 0 Å². The Morgan fingerprint density at radius 2 is 2.17 bits per heavy atom. The summed E-state index contributed by atoms with van der Waals surface area (Å²) in [7, 11) is 1.62. The standard InChI is InChI=1S/C5H10N6O/c1-8-11-3-2(6)4(12)10-5(7)9-3/h8H,6H2,1H3,(H4,7,9,10,11,12). The third-order valence-electron chi connectivity index (χ3n) is 1.22. The monoisotopic (exact) mass is 170 g/mol. The number of hydrogen-bond acceptors (Lipinski definition) is 6. The lowest BCUT2D eigenvalue weighted by atomic mass is 10.5. The average Bonchev–Trinajstić information content (AvgIpc) is 2.00. The predicted octanol–water partition coefficient (Wildman–Crippen LogP) is -1.52. The molecule has 0 saturated heterocycles. The van der Waals surface area contributed by atoms with Crippen LogP contribution in [-0.4, -0.2) is 17.0 Å². The van der Waals surface area contributed by atoms with Crippen LogP contribution in [-0.2, 0) is 0 Å². The fourth-order valence-electron chi connectivity index (χ4n) is 0.714. The van der Waals surface area contributed by atoms with Crippen molar-refractivity contribution < 1.29 is 0 Å². The van der Waals surface area contributed by atoms with Crippen LogP contribution in [0.4, 0.5) is 17.5 Å². The van der Waals surface area contributed by atoms with Gasteiger partial charge in [-0.2, -0.15) is 4.98 Å². The molecule has 66 valence electrons. The Morgan fingerprint density at radius 1 is 1.50 bits per heavy atom. The molecule has 0 fully saturated rings. The van der Waals surface area contributed by atoms with Crippen molar-refractivity contribution >= 4 is 17.5 Å². The maximum Gasteiger partial charge on any atom is 0.277 e. The van der Waals surface area contributed by atoms with Crippen LogP contribution in [0.5, 0.6) is 0 Å². The Balaban J connectivity index is 3.18. The third kappa shape index (κ3) is 1.45. The Bertz CT molecular complexity index is 331. The van der Waals surface area contributed by atoms with E-state index in [1.54, 1.807) is 7.05 Å². The number of aromatic nitrogens is 2. The SMILES string of the molecule is CNNc1nc(N)[nH]c(=O)c1N. The number of nitrogens with one attached hydrogen (secondary N) is 3. The van der Waals surface area contributed by atoms with Crippen molar-refractivity contribution in [3.05, 3.63) is 10.4 Å². The Morgan fingerprint density at radius 3 is 2.75 bits per heavy atom. The minimum atomic E-state index is -0.458. The van der Waals surface area contributed by atoms with E-state index in [1.807, 2.05) is 0 Å². The van der Waals surface area contributed by atoms with Crippen molar-refractivity contribution in [3.8, 4) is 0 Å². The summed E-state index contributed by atoms with van der Waals surface area (Å²) in [6.07, 6.45) is 0. The number of hydrazine groups is 1. The highest BCUT2D eigenvalue weighted by Gasteiger charge is 2.04. The minimum absolute atomic E-state index is 0.00134. The van der Waals surface area contributed by atoms with E-state index in [4.69, 9.17) is 11.5 Å². The summed E-state index contributed by atoms with van der Waals surface area (Å²) in [5.74, 6) is 0.241. The molecule has 7 nitrogen and oxygen atoms in total. The maximum atomic E-state index is 11.0. The Labute approximate surface area is 68.1 Å². The molecular formula is C5H10N6O. The van der Waals surface area contributed by atoms with Gasteiger partial charge in [0.05, 0.1) is 0 Å². The molecule has 1 aromatic heterocycles. The maximum absolute atomic E-state index is 11.0. The van der Waals surface area contributed by atoms with Crippen LogP contribution < -0.4 is 27.9 Å². The summed E-state index contributed by atoms with van der Waals surface area (Å²) < 4.78 is 0. The fraction of sp³-hybridized carbons (Fsp3) is 0.200. The highest BCUT2D eigenvalue weighted by Crippen LogP contribution is 2.07. The molecule has 1 heterocycles. The van der Waals surface area contributed by atoms with Crippen LogP contribution in [0, 0.1) is 0 Å². The summed E-state index contributed by atoms with van der Waals surface area (Å²) in [6, 6.07) is 0. The smallest absolute Gasteiger partial charge is 0.277 e. The molecule has 12 heavy (non-hydrogen) atoms. The van der Waals surface area contributed by atoms with Gasteiger partial charge in [-0.3, -0.25) is 9.78 Å². The molecule has 0 saturated carbocycles. The van der Waals surface area contributed by atoms with Gasteiger partial charge in [0.15, 0.2) is 5.82 Å². The molecule has 0 aliphatic carbocycles. The number of anilines is 3. The van der Waals surface area contributed by atoms with Crippen molar-refractivity contribution in [2.45, 2.75) is 0 Å². The first-order chi connectivity index (χ1) is 5.65. The molecule has 0 aliphatic rings. The second-order valence-electron chi connectivity index (χ2n) is 2.09. The molecule has 0 aliphatic heterocycles. The first-order valence-corrected chi connectivity index (χ1v) is 3.23. The zero-order chi connectivity index (χ0) is 9.14. The van der Waals surface area contributed by atoms with Crippen LogP contribution in [0.15, 0.2) is 4.79 Å². The summed E-state index contributed by atoms with van der Waals surface area (Å²) in [5.41, 5.74) is 15.3. The number of rotatable bonds is 2. The molecule has 0 aromatic carbocycles. The quantitative estimate of drug-likeness (QED) is 0.344. The Kier molecular flexibility index (Phi) is 2.15. The van der Waals surface area contributed by atoms with Gasteiger partial charge in [0.1, 0.15) is 5.69 Å². The zero-order valence-electron chi connectivity index (χ0n) is 6.51. The lowest BCUT2D eigenvalue weighted by Gasteiger charge is -2.05. The fourth-order valence-corrected chi connectivity index (χ4v) is 0.714. The van der Waals surface area contributed by atoms with E-state index in [2.05, 4.69) is 20.8 Å². The summed E-state index contributed by atoms with van der Waals surface area (Å²) in [6.45, 7) is 0. The van der Waals surface area contributed by atoms with Gasteiger partial charge in [0, 0.05) is 7.05 Å². The van der Waals surface area contributed by atoms with E-state index in [1.165, 1.54) is 0 Å². The highest BCUT2D eigenvalue weighted by molar-refractivity contribution is 5.60. The first-order valence-electron chi connectivity index (χ1n) is 3.23. The van der Waals surface area contributed by atoms with Crippen LogP contribution >= 0.6 is 0 Å². The van der Waals surface area contributed by atoms with Gasteiger partial charge in [0.2, 0.25) is 5.95 Å². The lowest BCUT2D eigenvalue weighted by Crippen LogP contribution is -2.23. The van der Waals surface area contributed by atoms with E-state index in [9.17, 15) is 4.79 Å². The summed E-state index contributed by atoms with van der Waals surface area (Å²) in [5, 5.41) is 0. The Hall–Kier alpha value is -1.76. The molecular weight excluding hydrogens is 160 g/mol. The van der Waals surface area contributed by atoms with Gasteiger partial charge in [-0.1, -0.05) is 0 Å². The molecule has 0 bridgehead atoms. The second-order valence-corrected chi connectivity index (χ2v) is 2.09. The van der Waals surface area contributed by atoms with E-state index in [0.29, 0.717) is 0 Å². The van der Waals surface area contributed by atoms with Crippen molar-refractivity contribution in [2.24, 2.45) is 0 Å². The predicted molar refractivity (Wildman–Crippen MR) is 46.4 cm³/mol. The molecule has 0 amide bonds. The van der Waals surface area contributed by atoms with Crippen molar-refractivity contribution in [1.29, 1.82) is 0 Å².